The van der Waals surface area contributed by atoms with Crippen molar-refractivity contribution in [2.24, 2.45) is 0 Å². The number of rotatable bonds is 4. The number of para-hydroxylation sites is 1. The monoisotopic (exact) mass is 238 g/mol. The quantitative estimate of drug-likeness (QED) is 0.889. The zero-order chi connectivity index (χ0) is 11.5. The Hall–Kier alpha value is -1.06. The van der Waals surface area contributed by atoms with Crippen LogP contribution < -0.4 is 5.32 Å². The summed E-state index contributed by atoms with van der Waals surface area (Å²) in [6.07, 6.45) is 0. The molecule has 2 aromatic rings. The summed E-state index contributed by atoms with van der Waals surface area (Å²) in [4.78, 5) is 4.44. The Labute approximate surface area is 99.8 Å². The van der Waals surface area contributed by atoms with Gasteiger partial charge >= 0.3 is 0 Å². The molecule has 0 aliphatic carbocycles. The van der Waals surface area contributed by atoms with Crippen molar-refractivity contribution in [2.75, 3.05) is 13.1 Å². The maximum absolute atomic E-state index is 6.03. The van der Waals surface area contributed by atoms with Crippen molar-refractivity contribution < 1.29 is 4.42 Å². The van der Waals surface area contributed by atoms with Gasteiger partial charge in [0.2, 0.25) is 0 Å². The van der Waals surface area contributed by atoms with E-state index >= 15 is 0 Å². The van der Waals surface area contributed by atoms with Crippen LogP contribution in [0.1, 0.15) is 25.7 Å². The zero-order valence-electron chi connectivity index (χ0n) is 9.46. The molecule has 1 heterocycles. The molecule has 0 fully saturated rings. The maximum atomic E-state index is 6.03. The predicted octanol–water partition coefficient (Wildman–Crippen LogP) is 3.19. The molecule has 16 heavy (non-hydrogen) atoms. The fraction of sp³-hybridized carbons (Fsp3) is 0.417. The summed E-state index contributed by atoms with van der Waals surface area (Å²) in [5.41, 5.74) is 1.51. The Balaban J connectivity index is 2.29. The van der Waals surface area contributed by atoms with E-state index < -0.39 is 0 Å². The van der Waals surface area contributed by atoms with Gasteiger partial charge in [0.15, 0.2) is 11.5 Å². The van der Waals surface area contributed by atoms with Gasteiger partial charge in [-0.1, -0.05) is 31.5 Å². The van der Waals surface area contributed by atoms with Gasteiger partial charge in [-0.3, -0.25) is 0 Å². The summed E-state index contributed by atoms with van der Waals surface area (Å²) in [5, 5.41) is 3.89. The zero-order valence-corrected chi connectivity index (χ0v) is 10.2. The molecule has 0 saturated carbocycles. The van der Waals surface area contributed by atoms with E-state index in [1.807, 2.05) is 18.2 Å². The van der Waals surface area contributed by atoms with Crippen LogP contribution in [-0.2, 0) is 0 Å². The van der Waals surface area contributed by atoms with Crippen LogP contribution in [0.3, 0.4) is 0 Å². The fourth-order valence-corrected chi connectivity index (χ4v) is 1.80. The van der Waals surface area contributed by atoms with Crippen molar-refractivity contribution >= 4 is 22.7 Å². The van der Waals surface area contributed by atoms with Crippen LogP contribution in [0.4, 0.5) is 0 Å². The lowest BCUT2D eigenvalue weighted by Crippen LogP contribution is -2.19. The number of nitrogens with zero attached hydrogens (tertiary/aromatic N) is 1. The molecule has 0 radical (unpaired) electrons. The molecular weight excluding hydrogens is 224 g/mol. The van der Waals surface area contributed by atoms with E-state index in [0.717, 1.165) is 24.5 Å². The van der Waals surface area contributed by atoms with Gasteiger partial charge in [-0.15, -0.1) is 0 Å². The van der Waals surface area contributed by atoms with Crippen LogP contribution in [0.5, 0.6) is 0 Å². The van der Waals surface area contributed by atoms with Gasteiger partial charge in [0.1, 0.15) is 5.52 Å². The van der Waals surface area contributed by atoms with Crippen molar-refractivity contribution in [3.05, 3.63) is 29.1 Å². The number of nitrogens with one attached hydrogen (secondary N) is 1. The van der Waals surface area contributed by atoms with Crippen molar-refractivity contribution in [3.8, 4) is 0 Å². The smallest absolute Gasteiger partial charge is 0.199 e. The number of hydrogen-bond donors (Lipinski definition) is 1. The molecule has 1 aromatic carbocycles. The van der Waals surface area contributed by atoms with Crippen LogP contribution in [0.2, 0.25) is 5.02 Å². The minimum atomic E-state index is 0.253. The van der Waals surface area contributed by atoms with E-state index in [9.17, 15) is 0 Å². The van der Waals surface area contributed by atoms with Crippen molar-refractivity contribution in [1.29, 1.82) is 0 Å². The largest absolute Gasteiger partial charge is 0.439 e. The minimum Gasteiger partial charge on any atom is -0.439 e. The number of fused-ring (bicyclic) bond motifs is 1. The van der Waals surface area contributed by atoms with Gasteiger partial charge in [-0.25, -0.2) is 4.98 Å². The average Bonchev–Trinajstić information content (AvgIpc) is 2.71. The van der Waals surface area contributed by atoms with E-state index in [2.05, 4.69) is 24.1 Å². The minimum absolute atomic E-state index is 0.253. The molecule has 0 spiro atoms. The first-order valence-electron chi connectivity index (χ1n) is 5.48. The Bertz CT molecular complexity index is 481. The van der Waals surface area contributed by atoms with E-state index in [1.54, 1.807) is 0 Å². The normalized spacial score (nSPS) is 13.2. The lowest BCUT2D eigenvalue weighted by atomic mass is 10.2. The number of halogens is 1. The van der Waals surface area contributed by atoms with Gasteiger partial charge in [0, 0.05) is 12.5 Å². The molecule has 4 heteroatoms. The first-order valence-corrected chi connectivity index (χ1v) is 5.85. The SMILES string of the molecule is CCNCC(C)c1nc2cccc(Cl)c2o1. The third-order valence-electron chi connectivity index (χ3n) is 2.51. The number of benzene rings is 1. The first kappa shape index (κ1) is 11.4. The van der Waals surface area contributed by atoms with E-state index in [1.165, 1.54) is 0 Å². The highest BCUT2D eigenvalue weighted by molar-refractivity contribution is 6.34. The van der Waals surface area contributed by atoms with Gasteiger partial charge in [0.05, 0.1) is 5.02 Å². The maximum Gasteiger partial charge on any atom is 0.199 e. The van der Waals surface area contributed by atoms with E-state index in [0.29, 0.717) is 10.6 Å². The Morgan fingerprint density at radius 2 is 2.31 bits per heavy atom. The highest BCUT2D eigenvalue weighted by Crippen LogP contribution is 2.26. The highest BCUT2D eigenvalue weighted by atomic mass is 35.5. The molecule has 1 atom stereocenters. The van der Waals surface area contributed by atoms with Gasteiger partial charge in [-0.05, 0) is 18.7 Å². The molecule has 2 rings (SSSR count). The first-order chi connectivity index (χ1) is 7.72. The molecule has 3 nitrogen and oxygen atoms in total. The number of oxazole rings is 1. The van der Waals surface area contributed by atoms with Gasteiger partial charge in [-0.2, -0.15) is 0 Å². The second kappa shape index (κ2) is 4.85. The molecule has 0 saturated heterocycles. The molecule has 1 aromatic heterocycles. The fourth-order valence-electron chi connectivity index (χ4n) is 1.59. The standard InChI is InChI=1S/C12H15ClN2O/c1-3-14-7-8(2)12-15-10-6-4-5-9(13)11(10)16-12/h4-6,8,14H,3,7H2,1-2H3. The van der Waals surface area contributed by atoms with Crippen molar-refractivity contribution in [3.63, 3.8) is 0 Å². The van der Waals surface area contributed by atoms with Crippen LogP contribution in [0.25, 0.3) is 11.1 Å². The molecule has 0 aliphatic rings. The lowest BCUT2D eigenvalue weighted by molar-refractivity contribution is 0.470. The predicted molar refractivity (Wildman–Crippen MR) is 66.0 cm³/mol. The molecule has 86 valence electrons. The second-order valence-corrected chi connectivity index (χ2v) is 4.26. The second-order valence-electron chi connectivity index (χ2n) is 3.85. The van der Waals surface area contributed by atoms with Gasteiger partial charge < -0.3 is 9.73 Å². The van der Waals surface area contributed by atoms with Crippen molar-refractivity contribution in [2.45, 2.75) is 19.8 Å². The Morgan fingerprint density at radius 3 is 3.00 bits per heavy atom. The molecule has 0 amide bonds. The average molecular weight is 239 g/mol. The van der Waals surface area contributed by atoms with Crippen molar-refractivity contribution in [1.82, 2.24) is 10.3 Å². The van der Waals surface area contributed by atoms with Crippen LogP contribution in [-0.4, -0.2) is 18.1 Å². The Kier molecular flexibility index (Phi) is 3.46. The molecule has 0 bridgehead atoms. The third-order valence-corrected chi connectivity index (χ3v) is 2.80. The van der Waals surface area contributed by atoms with E-state index in [4.69, 9.17) is 16.0 Å². The lowest BCUT2D eigenvalue weighted by Gasteiger charge is -2.06. The van der Waals surface area contributed by atoms with Gasteiger partial charge in [0.25, 0.3) is 0 Å². The summed E-state index contributed by atoms with van der Waals surface area (Å²) in [6, 6.07) is 5.61. The number of hydrogen-bond acceptors (Lipinski definition) is 3. The molecule has 1 unspecified atom stereocenters. The Morgan fingerprint density at radius 1 is 1.50 bits per heavy atom. The highest BCUT2D eigenvalue weighted by Gasteiger charge is 2.14. The summed E-state index contributed by atoms with van der Waals surface area (Å²) in [7, 11) is 0. The van der Waals surface area contributed by atoms with Crippen LogP contribution in [0, 0.1) is 0 Å². The summed E-state index contributed by atoms with van der Waals surface area (Å²) in [5.74, 6) is 0.993. The van der Waals surface area contributed by atoms with Crippen LogP contribution >= 0.6 is 11.6 Å². The number of aromatic nitrogens is 1. The summed E-state index contributed by atoms with van der Waals surface area (Å²) >= 11 is 6.03. The summed E-state index contributed by atoms with van der Waals surface area (Å²) in [6.45, 7) is 5.98. The molecule has 1 N–H and O–H groups in total. The molecule has 0 aliphatic heterocycles. The topological polar surface area (TPSA) is 38.1 Å². The summed E-state index contributed by atoms with van der Waals surface area (Å²) < 4.78 is 5.67. The van der Waals surface area contributed by atoms with Crippen LogP contribution in [0.15, 0.2) is 22.6 Å². The molecular formula is C12H15ClN2O. The third kappa shape index (κ3) is 2.20. The number of likely N-dealkylation sites (N-methyl/N-ethyl adjacent to an activating group) is 1. The van der Waals surface area contributed by atoms with E-state index in [-0.39, 0.29) is 5.92 Å².